The molecule has 0 bridgehead atoms. The first-order chi connectivity index (χ1) is 12.9. The van der Waals surface area contributed by atoms with Gasteiger partial charge in [0.05, 0.1) is 12.8 Å². The van der Waals surface area contributed by atoms with Gasteiger partial charge in [-0.1, -0.05) is 18.2 Å². The van der Waals surface area contributed by atoms with E-state index < -0.39 is 23.5 Å². The summed E-state index contributed by atoms with van der Waals surface area (Å²) < 4.78 is 16.7. The molecule has 27 heavy (non-hydrogen) atoms. The third-order valence-electron chi connectivity index (χ3n) is 5.29. The Labute approximate surface area is 155 Å². The fourth-order valence-electron chi connectivity index (χ4n) is 3.95. The third-order valence-corrected chi connectivity index (χ3v) is 5.29. The lowest BCUT2D eigenvalue weighted by molar-refractivity contribution is -0.156. The number of fused-ring (bicyclic) bond motifs is 2. The van der Waals surface area contributed by atoms with Gasteiger partial charge >= 0.3 is 5.97 Å². The molecule has 1 aromatic carbocycles. The van der Waals surface area contributed by atoms with Crippen LogP contribution in [0.1, 0.15) is 29.5 Å². The fraction of sp³-hybridized carbons (Fsp3) is 0.316. The van der Waals surface area contributed by atoms with Crippen LogP contribution in [-0.2, 0) is 14.3 Å². The van der Waals surface area contributed by atoms with E-state index in [9.17, 15) is 10.1 Å². The molecule has 0 aliphatic carbocycles. The predicted molar refractivity (Wildman–Crippen MR) is 96.3 cm³/mol. The molecule has 2 aromatic rings. The van der Waals surface area contributed by atoms with E-state index in [4.69, 9.17) is 19.9 Å². The molecule has 0 amide bonds. The Hall–Kier alpha value is -3.31. The number of para-hydroxylation sites is 1. The first kappa shape index (κ1) is 17.1. The van der Waals surface area contributed by atoms with Crippen LogP contribution in [0.25, 0.3) is 0 Å². The summed E-state index contributed by atoms with van der Waals surface area (Å²) >= 11 is 0. The molecule has 2 aliphatic heterocycles. The molecule has 0 saturated heterocycles. The van der Waals surface area contributed by atoms with E-state index >= 15 is 0 Å². The summed E-state index contributed by atoms with van der Waals surface area (Å²) in [5.74, 6) is -0.761. The summed E-state index contributed by atoms with van der Waals surface area (Å²) in [5, 5.41) is 12.8. The van der Waals surface area contributed by atoms with Gasteiger partial charge in [0.1, 0.15) is 34.8 Å². The van der Waals surface area contributed by atoms with Gasteiger partial charge in [-0.3, -0.25) is 4.79 Å². The van der Waals surface area contributed by atoms with Crippen LogP contribution in [0.15, 0.2) is 24.3 Å². The Balaban J connectivity index is 2.09. The Bertz CT molecular complexity index is 1000. The van der Waals surface area contributed by atoms with Gasteiger partial charge in [0.25, 0.3) is 0 Å². The van der Waals surface area contributed by atoms with Gasteiger partial charge < -0.3 is 25.3 Å². The van der Waals surface area contributed by atoms with Crippen molar-refractivity contribution in [2.75, 3.05) is 25.3 Å². The molecule has 0 spiro atoms. The van der Waals surface area contributed by atoms with Crippen LogP contribution in [-0.4, -0.2) is 30.9 Å². The Morgan fingerprint density at radius 2 is 2.15 bits per heavy atom. The number of carbonyl (C=O) groups excluding carboxylic acids is 1. The average Bonchev–Trinajstić information content (AvgIpc) is 2.67. The van der Waals surface area contributed by atoms with Crippen LogP contribution in [0, 0.1) is 17.2 Å². The highest BCUT2D eigenvalue weighted by molar-refractivity contribution is 5.84. The number of nitriles is 1. The number of hydrogen-bond acceptors (Lipinski definition) is 8. The smallest absolute Gasteiger partial charge is 0.314 e. The van der Waals surface area contributed by atoms with Crippen molar-refractivity contribution in [1.29, 1.82) is 5.26 Å². The first-order valence-electron chi connectivity index (χ1n) is 8.36. The number of rotatable bonds is 2. The second-order valence-electron chi connectivity index (χ2n) is 6.63. The molecule has 3 N–H and O–H groups in total. The molecule has 0 saturated carbocycles. The molecule has 138 valence electrons. The molecule has 4 rings (SSSR count). The molecule has 1 aromatic heterocycles. The van der Waals surface area contributed by atoms with Crippen molar-refractivity contribution in [3.05, 3.63) is 41.0 Å². The summed E-state index contributed by atoms with van der Waals surface area (Å²) in [6, 6.07) is 9.47. The van der Waals surface area contributed by atoms with Gasteiger partial charge in [-0.05, 0) is 13.0 Å². The number of anilines is 2. The zero-order chi connectivity index (χ0) is 19.3. The maximum atomic E-state index is 12.8. The zero-order valence-corrected chi connectivity index (χ0v) is 15.1. The van der Waals surface area contributed by atoms with Crippen molar-refractivity contribution in [1.82, 2.24) is 4.98 Å². The second kappa shape index (κ2) is 5.86. The molecule has 3 heterocycles. The van der Waals surface area contributed by atoms with Gasteiger partial charge in [-0.2, -0.15) is 10.2 Å². The number of methoxy groups -OCH3 is 2. The number of hydrogen-bond donors (Lipinski definition) is 2. The van der Waals surface area contributed by atoms with Crippen LogP contribution in [0.3, 0.4) is 0 Å². The lowest BCUT2D eigenvalue weighted by atomic mass is 9.71. The number of ether oxygens (including phenoxy) is 3. The molecule has 0 fully saturated rings. The van der Waals surface area contributed by atoms with E-state index in [0.29, 0.717) is 17.0 Å². The normalized spacial score (nSPS) is 24.5. The van der Waals surface area contributed by atoms with Gasteiger partial charge in [0.2, 0.25) is 5.88 Å². The van der Waals surface area contributed by atoms with Gasteiger partial charge in [0, 0.05) is 24.2 Å². The van der Waals surface area contributed by atoms with Crippen LogP contribution >= 0.6 is 0 Å². The maximum Gasteiger partial charge on any atom is 0.314 e. The highest BCUT2D eigenvalue weighted by atomic mass is 16.5. The van der Waals surface area contributed by atoms with Crippen molar-refractivity contribution < 1.29 is 19.0 Å². The topological polar surface area (TPSA) is 119 Å². The molecule has 2 aliphatic rings. The number of nitrogens with one attached hydrogen (secondary N) is 1. The number of benzene rings is 1. The predicted octanol–water partition coefficient (Wildman–Crippen LogP) is 2.35. The van der Waals surface area contributed by atoms with Gasteiger partial charge in [-0.25, -0.2) is 0 Å². The van der Waals surface area contributed by atoms with E-state index in [1.54, 1.807) is 13.0 Å². The summed E-state index contributed by atoms with van der Waals surface area (Å²) in [5.41, 5.74) is 6.90. The molecule has 8 nitrogen and oxygen atoms in total. The number of esters is 1. The van der Waals surface area contributed by atoms with Crippen molar-refractivity contribution >= 4 is 17.5 Å². The monoisotopic (exact) mass is 366 g/mol. The molecular weight excluding hydrogens is 348 g/mol. The Kier molecular flexibility index (Phi) is 3.71. The van der Waals surface area contributed by atoms with Crippen molar-refractivity contribution in [2.24, 2.45) is 5.92 Å². The zero-order valence-electron chi connectivity index (χ0n) is 15.1. The van der Waals surface area contributed by atoms with E-state index in [2.05, 4.69) is 16.4 Å². The first-order valence-corrected chi connectivity index (χ1v) is 8.36. The van der Waals surface area contributed by atoms with Crippen LogP contribution < -0.4 is 15.8 Å². The largest absolute Gasteiger partial charge is 0.469 e. The van der Waals surface area contributed by atoms with E-state index in [-0.39, 0.29) is 17.3 Å². The van der Waals surface area contributed by atoms with E-state index in [1.165, 1.54) is 14.2 Å². The van der Waals surface area contributed by atoms with Crippen molar-refractivity contribution in [3.8, 4) is 17.7 Å². The minimum absolute atomic E-state index is 0.0480. The molecular formula is C19H18N4O4. The van der Waals surface area contributed by atoms with Gasteiger partial charge in [-0.15, -0.1) is 0 Å². The van der Waals surface area contributed by atoms with Gasteiger partial charge in [0.15, 0.2) is 0 Å². The van der Waals surface area contributed by atoms with E-state index in [1.807, 2.05) is 18.2 Å². The number of pyridine rings is 1. The van der Waals surface area contributed by atoms with Crippen LogP contribution in [0.5, 0.6) is 11.6 Å². The Morgan fingerprint density at radius 3 is 2.81 bits per heavy atom. The highest BCUT2D eigenvalue weighted by Gasteiger charge is 2.54. The lowest BCUT2D eigenvalue weighted by Gasteiger charge is -2.47. The summed E-state index contributed by atoms with van der Waals surface area (Å²) in [7, 11) is 2.83. The second-order valence-corrected chi connectivity index (χ2v) is 6.63. The number of nitrogen functional groups attached to an aromatic ring is 1. The fourth-order valence-corrected chi connectivity index (χ4v) is 3.95. The SMILES string of the molecule is COC(=O)C1C2c3ccccc3Oc3nc(N)c(C#N)c(c32)NC1(C)OC. The summed E-state index contributed by atoms with van der Waals surface area (Å²) in [6.07, 6.45) is 0. The van der Waals surface area contributed by atoms with Crippen LogP contribution in [0.4, 0.5) is 11.5 Å². The number of carbonyl (C=O) groups is 1. The summed E-state index contributed by atoms with van der Waals surface area (Å²) in [6.45, 7) is 1.74. The molecule has 8 heteroatoms. The van der Waals surface area contributed by atoms with Crippen molar-refractivity contribution in [2.45, 2.75) is 18.6 Å². The lowest BCUT2D eigenvalue weighted by Crippen LogP contribution is -2.54. The van der Waals surface area contributed by atoms with E-state index in [0.717, 1.165) is 5.56 Å². The number of aromatic nitrogens is 1. The number of nitrogens with zero attached hydrogens (tertiary/aromatic N) is 2. The van der Waals surface area contributed by atoms with Crippen LogP contribution in [0.2, 0.25) is 0 Å². The molecule has 0 radical (unpaired) electrons. The Morgan fingerprint density at radius 1 is 1.41 bits per heavy atom. The highest BCUT2D eigenvalue weighted by Crippen LogP contribution is 2.56. The summed E-state index contributed by atoms with van der Waals surface area (Å²) in [4.78, 5) is 17.1. The standard InChI is InChI=1S/C19H18N4O4/c1-19(26-3)14(18(24)25-2)12-9-6-4-5-7-11(9)27-17-13(12)15(23-19)10(8-20)16(21)22-17/h4-7,12,14,23H,1-3H3,(H2,21,22). The third kappa shape index (κ3) is 2.25. The molecule has 3 unspecified atom stereocenters. The van der Waals surface area contributed by atoms with Crippen molar-refractivity contribution in [3.63, 3.8) is 0 Å². The molecule has 3 atom stereocenters. The average molecular weight is 366 g/mol. The minimum Gasteiger partial charge on any atom is -0.469 e. The number of nitrogens with two attached hydrogens (primary N) is 1. The maximum absolute atomic E-state index is 12.8. The minimum atomic E-state index is -1.13. The quantitative estimate of drug-likeness (QED) is 0.777.